The van der Waals surface area contributed by atoms with Crippen molar-refractivity contribution in [3.05, 3.63) is 52.9 Å². The number of hydrogen-bond acceptors (Lipinski definition) is 9. The molecule has 0 aromatic carbocycles. The number of morpholine rings is 1. The average Bonchev–Trinajstić information content (AvgIpc) is 3.66. The molecule has 0 radical (unpaired) electrons. The first kappa shape index (κ1) is 21.7. The van der Waals surface area contributed by atoms with Gasteiger partial charge in [-0.1, -0.05) is 6.07 Å². The minimum absolute atomic E-state index is 0.0553. The minimum Gasteiger partial charge on any atom is -0.459 e. The summed E-state index contributed by atoms with van der Waals surface area (Å²) in [6.07, 6.45) is 1.54. The summed E-state index contributed by atoms with van der Waals surface area (Å²) in [7, 11) is 0. The first-order valence-electron chi connectivity index (χ1n) is 11.5. The van der Waals surface area contributed by atoms with E-state index in [9.17, 15) is 4.79 Å². The summed E-state index contributed by atoms with van der Waals surface area (Å²) in [5, 5.41) is 5.42. The quantitative estimate of drug-likeness (QED) is 0.417. The molecule has 34 heavy (non-hydrogen) atoms. The van der Waals surface area contributed by atoms with Gasteiger partial charge in [0.05, 0.1) is 31.4 Å². The van der Waals surface area contributed by atoms with Crippen LogP contribution in [0.5, 0.6) is 0 Å². The largest absolute Gasteiger partial charge is 0.459 e. The van der Waals surface area contributed by atoms with E-state index in [4.69, 9.17) is 19.1 Å². The molecule has 10 heteroatoms. The summed E-state index contributed by atoms with van der Waals surface area (Å²) < 4.78 is 10.8. The smallest absolute Gasteiger partial charge is 0.289 e. The summed E-state index contributed by atoms with van der Waals surface area (Å²) >= 11 is 3.41. The van der Waals surface area contributed by atoms with E-state index in [1.807, 2.05) is 4.90 Å². The van der Waals surface area contributed by atoms with Gasteiger partial charge >= 0.3 is 0 Å². The van der Waals surface area contributed by atoms with Crippen LogP contribution in [0.2, 0.25) is 0 Å². The molecule has 0 atom stereocenters. The molecule has 0 aliphatic carbocycles. The topological polar surface area (TPSA) is 74.9 Å². The number of carbonyl (C=O) groups is 1. The number of rotatable bonds is 5. The zero-order chi connectivity index (χ0) is 22.9. The van der Waals surface area contributed by atoms with Crippen LogP contribution in [0.25, 0.3) is 20.7 Å². The average molecular weight is 496 g/mol. The second kappa shape index (κ2) is 9.46. The number of furan rings is 1. The maximum Gasteiger partial charge on any atom is 0.289 e. The predicted octanol–water partition coefficient (Wildman–Crippen LogP) is 3.81. The molecule has 2 saturated heterocycles. The number of piperazine rings is 1. The number of nitrogens with zero attached hydrogens (tertiary/aromatic N) is 5. The third kappa shape index (κ3) is 4.22. The Bertz CT molecular complexity index is 1260. The number of aromatic nitrogens is 2. The van der Waals surface area contributed by atoms with Gasteiger partial charge in [0.1, 0.15) is 16.5 Å². The van der Waals surface area contributed by atoms with Gasteiger partial charge in [0, 0.05) is 55.1 Å². The van der Waals surface area contributed by atoms with Crippen molar-refractivity contribution in [2.24, 2.45) is 0 Å². The number of ether oxygens (including phenoxy) is 1. The second-order valence-corrected chi connectivity index (χ2v) is 10.2. The molecule has 0 spiro atoms. The van der Waals surface area contributed by atoms with E-state index in [1.165, 1.54) is 10.4 Å². The van der Waals surface area contributed by atoms with Crippen LogP contribution in [0.3, 0.4) is 0 Å². The second-order valence-electron chi connectivity index (χ2n) is 8.42. The normalized spacial score (nSPS) is 17.5. The van der Waals surface area contributed by atoms with Crippen molar-refractivity contribution in [3.63, 3.8) is 0 Å². The van der Waals surface area contributed by atoms with Crippen molar-refractivity contribution in [1.82, 2.24) is 19.8 Å². The molecule has 4 aromatic heterocycles. The summed E-state index contributed by atoms with van der Waals surface area (Å²) in [5.41, 5.74) is 1.19. The number of carbonyl (C=O) groups excluding carboxylic acids is 1. The van der Waals surface area contributed by atoms with Gasteiger partial charge in [-0.3, -0.25) is 9.69 Å². The molecule has 2 aliphatic rings. The van der Waals surface area contributed by atoms with Crippen LogP contribution in [0.1, 0.15) is 16.4 Å². The Labute approximate surface area is 205 Å². The van der Waals surface area contributed by atoms with Gasteiger partial charge in [-0.2, -0.15) is 0 Å². The van der Waals surface area contributed by atoms with E-state index < -0.39 is 0 Å². The molecule has 176 valence electrons. The van der Waals surface area contributed by atoms with Gasteiger partial charge in [0.2, 0.25) is 0 Å². The predicted molar refractivity (Wildman–Crippen MR) is 134 cm³/mol. The lowest BCUT2D eigenvalue weighted by Crippen LogP contribution is -2.49. The number of fused-ring (bicyclic) bond motifs is 1. The van der Waals surface area contributed by atoms with Crippen molar-refractivity contribution in [1.29, 1.82) is 0 Å². The third-order valence-electron chi connectivity index (χ3n) is 6.31. The Morgan fingerprint density at radius 2 is 1.85 bits per heavy atom. The van der Waals surface area contributed by atoms with Crippen LogP contribution in [0.15, 0.2) is 45.7 Å². The van der Waals surface area contributed by atoms with E-state index in [1.54, 1.807) is 41.1 Å². The molecule has 2 fully saturated rings. The lowest BCUT2D eigenvalue weighted by molar-refractivity contribution is 0.0331. The molecule has 6 rings (SSSR count). The summed E-state index contributed by atoms with van der Waals surface area (Å²) in [5.74, 6) is 2.16. The van der Waals surface area contributed by atoms with Gasteiger partial charge in [-0.25, -0.2) is 9.97 Å². The van der Waals surface area contributed by atoms with E-state index in [-0.39, 0.29) is 5.91 Å². The highest BCUT2D eigenvalue weighted by atomic mass is 32.1. The fourth-order valence-electron chi connectivity index (χ4n) is 4.52. The maximum atomic E-state index is 12.7. The molecule has 0 unspecified atom stereocenters. The molecular formula is C24H25N5O3S2. The van der Waals surface area contributed by atoms with Gasteiger partial charge in [0.15, 0.2) is 5.76 Å². The van der Waals surface area contributed by atoms with Crippen LogP contribution >= 0.6 is 22.7 Å². The molecular weight excluding hydrogens is 470 g/mol. The van der Waals surface area contributed by atoms with Crippen molar-refractivity contribution < 1.29 is 13.9 Å². The third-order valence-corrected chi connectivity index (χ3v) is 8.09. The summed E-state index contributed by atoms with van der Waals surface area (Å²) in [6, 6.07) is 7.70. The van der Waals surface area contributed by atoms with E-state index in [0.29, 0.717) is 18.8 Å². The van der Waals surface area contributed by atoms with E-state index >= 15 is 0 Å². The Kier molecular flexibility index (Phi) is 6.04. The Morgan fingerprint density at radius 1 is 1.00 bits per heavy atom. The van der Waals surface area contributed by atoms with Crippen molar-refractivity contribution in [2.45, 2.75) is 6.54 Å². The number of hydrogen-bond donors (Lipinski definition) is 0. The highest BCUT2D eigenvalue weighted by molar-refractivity contribution is 7.18. The van der Waals surface area contributed by atoms with Crippen LogP contribution in [-0.2, 0) is 11.3 Å². The zero-order valence-corrected chi connectivity index (χ0v) is 20.3. The van der Waals surface area contributed by atoms with Crippen LogP contribution in [0, 0.1) is 0 Å². The highest BCUT2D eigenvalue weighted by Gasteiger charge is 2.27. The van der Waals surface area contributed by atoms with Gasteiger partial charge in [0.25, 0.3) is 5.91 Å². The molecule has 6 heterocycles. The Hall–Kier alpha value is -2.79. The molecule has 0 saturated carbocycles. The standard InChI is InChI=1S/C24H25N5O3S2/c30-24(18-3-1-11-32-18)29-7-5-28(6-8-29)22-21-17(19-4-2-14-33-19)16-34-23(21)26-20(25-22)15-27-9-12-31-13-10-27/h1-4,11,14,16H,5-10,12-13,15H2. The number of anilines is 1. The van der Waals surface area contributed by atoms with E-state index in [2.05, 4.69) is 32.7 Å². The first-order chi connectivity index (χ1) is 16.8. The Morgan fingerprint density at radius 3 is 2.59 bits per heavy atom. The van der Waals surface area contributed by atoms with Crippen molar-refractivity contribution in [3.8, 4) is 10.4 Å². The lowest BCUT2D eigenvalue weighted by Gasteiger charge is -2.35. The SMILES string of the molecule is O=C(c1ccco1)N1CCN(c2nc(CN3CCOCC3)nc3scc(-c4cccs4)c23)CC1. The summed E-state index contributed by atoms with van der Waals surface area (Å²) in [4.78, 5) is 31.6. The monoisotopic (exact) mass is 495 g/mol. The van der Waals surface area contributed by atoms with Crippen LogP contribution < -0.4 is 4.90 Å². The van der Waals surface area contributed by atoms with Gasteiger partial charge < -0.3 is 19.0 Å². The van der Waals surface area contributed by atoms with Crippen LogP contribution in [-0.4, -0.2) is 78.2 Å². The fraction of sp³-hybridized carbons (Fsp3) is 0.375. The molecule has 0 bridgehead atoms. The summed E-state index contributed by atoms with van der Waals surface area (Å²) in [6.45, 7) is 6.71. The molecule has 8 nitrogen and oxygen atoms in total. The molecule has 2 aliphatic heterocycles. The highest BCUT2D eigenvalue weighted by Crippen LogP contribution is 2.40. The number of amides is 1. The lowest BCUT2D eigenvalue weighted by atomic mass is 10.1. The Balaban J connectivity index is 1.31. The zero-order valence-electron chi connectivity index (χ0n) is 18.7. The fourth-order valence-corrected chi connectivity index (χ4v) is 6.29. The first-order valence-corrected chi connectivity index (χ1v) is 13.2. The molecule has 0 N–H and O–H groups in total. The molecule has 1 amide bonds. The number of thiophene rings is 2. The van der Waals surface area contributed by atoms with E-state index in [0.717, 1.165) is 67.8 Å². The van der Waals surface area contributed by atoms with Crippen LogP contribution in [0.4, 0.5) is 5.82 Å². The maximum absolute atomic E-state index is 12.7. The van der Waals surface area contributed by atoms with Crippen molar-refractivity contribution in [2.75, 3.05) is 57.4 Å². The van der Waals surface area contributed by atoms with Gasteiger partial charge in [-0.15, -0.1) is 22.7 Å². The molecule has 4 aromatic rings. The minimum atomic E-state index is -0.0553. The van der Waals surface area contributed by atoms with Gasteiger partial charge in [-0.05, 0) is 23.6 Å². The van der Waals surface area contributed by atoms with Crippen molar-refractivity contribution >= 4 is 44.6 Å².